The largest absolute Gasteiger partial charge is 0.493 e. The smallest absolute Gasteiger partial charge is 0.307 e. The molecule has 0 amide bonds. The number of hydrogen-bond acceptors (Lipinski definition) is 6. The van der Waals surface area contributed by atoms with Crippen molar-refractivity contribution in [2.45, 2.75) is 50.4 Å². The number of carbonyl (C=O) groups is 1. The van der Waals surface area contributed by atoms with Crippen LogP contribution in [0.2, 0.25) is 0 Å². The SMILES string of the molecule is CCOC(=O)CCN1CC[C@@]23C=C[C@H](O)C[C@@H]2Oc2c(OC)ccc(c23)C1. The topological polar surface area (TPSA) is 68.2 Å². The standard InChI is InChI=1S/C21H27NO5/c1-3-26-18(24)7-10-22-11-9-21-8-6-15(23)12-17(21)27-20-16(25-2)5-4-14(13-22)19(20)21/h4-6,8,15,17,23H,3,7,9-13H2,1-2H3/t15-,17-,21-/m0/s1. The van der Waals surface area contributed by atoms with Gasteiger partial charge in [-0.15, -0.1) is 0 Å². The molecule has 6 nitrogen and oxygen atoms in total. The Balaban J connectivity index is 1.67. The minimum atomic E-state index is -0.479. The van der Waals surface area contributed by atoms with Gasteiger partial charge in [0.25, 0.3) is 0 Å². The summed E-state index contributed by atoms with van der Waals surface area (Å²) in [4.78, 5) is 14.1. The number of carbonyl (C=O) groups excluding carboxylic acids is 1. The summed E-state index contributed by atoms with van der Waals surface area (Å²) in [7, 11) is 1.66. The van der Waals surface area contributed by atoms with E-state index in [4.69, 9.17) is 14.2 Å². The molecule has 3 atom stereocenters. The quantitative estimate of drug-likeness (QED) is 0.630. The van der Waals surface area contributed by atoms with E-state index < -0.39 is 6.10 Å². The fourth-order valence-corrected chi connectivity index (χ4v) is 4.67. The summed E-state index contributed by atoms with van der Waals surface area (Å²) < 4.78 is 16.9. The van der Waals surface area contributed by atoms with Crippen LogP contribution in [-0.4, -0.2) is 55.0 Å². The van der Waals surface area contributed by atoms with Crippen molar-refractivity contribution in [1.29, 1.82) is 0 Å². The molecule has 146 valence electrons. The van der Waals surface area contributed by atoms with Crippen LogP contribution in [0.4, 0.5) is 0 Å². The summed E-state index contributed by atoms with van der Waals surface area (Å²) in [5, 5.41) is 10.1. The van der Waals surface area contributed by atoms with Crippen molar-refractivity contribution in [2.75, 3.05) is 26.8 Å². The van der Waals surface area contributed by atoms with Crippen molar-refractivity contribution in [3.05, 3.63) is 35.4 Å². The Labute approximate surface area is 159 Å². The highest BCUT2D eigenvalue weighted by Crippen LogP contribution is 2.55. The van der Waals surface area contributed by atoms with Crippen molar-refractivity contribution in [1.82, 2.24) is 4.90 Å². The van der Waals surface area contributed by atoms with E-state index in [0.29, 0.717) is 26.0 Å². The van der Waals surface area contributed by atoms with Crippen LogP contribution in [0.5, 0.6) is 11.5 Å². The summed E-state index contributed by atoms with van der Waals surface area (Å²) in [5.41, 5.74) is 2.15. The van der Waals surface area contributed by atoms with E-state index in [-0.39, 0.29) is 17.5 Å². The fraction of sp³-hybridized carbons (Fsp3) is 0.571. The zero-order valence-corrected chi connectivity index (χ0v) is 15.9. The Morgan fingerprint density at radius 1 is 1.44 bits per heavy atom. The molecule has 27 heavy (non-hydrogen) atoms. The molecule has 1 aliphatic carbocycles. The second kappa shape index (κ2) is 7.17. The van der Waals surface area contributed by atoms with E-state index in [9.17, 15) is 9.90 Å². The van der Waals surface area contributed by atoms with Gasteiger partial charge in [0.1, 0.15) is 6.10 Å². The van der Waals surface area contributed by atoms with Gasteiger partial charge in [-0.3, -0.25) is 9.69 Å². The Kier molecular flexibility index (Phi) is 4.86. The van der Waals surface area contributed by atoms with Gasteiger partial charge in [-0.05, 0) is 31.5 Å². The third kappa shape index (κ3) is 3.11. The highest BCUT2D eigenvalue weighted by atomic mass is 16.5. The summed E-state index contributed by atoms with van der Waals surface area (Å²) in [6.45, 7) is 4.54. The van der Waals surface area contributed by atoms with E-state index in [2.05, 4.69) is 17.0 Å². The molecule has 0 saturated heterocycles. The first-order valence-corrected chi connectivity index (χ1v) is 9.69. The van der Waals surface area contributed by atoms with Crippen molar-refractivity contribution in [2.24, 2.45) is 0 Å². The molecular formula is C21H27NO5. The third-order valence-corrected chi connectivity index (χ3v) is 5.97. The van der Waals surface area contributed by atoms with Gasteiger partial charge in [0.05, 0.1) is 31.7 Å². The van der Waals surface area contributed by atoms with Gasteiger partial charge in [-0.1, -0.05) is 18.2 Å². The van der Waals surface area contributed by atoms with Crippen LogP contribution >= 0.6 is 0 Å². The molecule has 0 fully saturated rings. The van der Waals surface area contributed by atoms with Crippen molar-refractivity contribution < 1.29 is 24.1 Å². The molecule has 6 heteroatoms. The number of hydrogen-bond donors (Lipinski definition) is 1. The number of esters is 1. The van der Waals surface area contributed by atoms with Crippen LogP contribution < -0.4 is 9.47 Å². The van der Waals surface area contributed by atoms with Crippen LogP contribution in [0.25, 0.3) is 0 Å². The Bertz CT molecular complexity index is 761. The number of rotatable bonds is 5. The first kappa shape index (κ1) is 18.3. The Morgan fingerprint density at radius 3 is 3.07 bits per heavy atom. The zero-order valence-electron chi connectivity index (χ0n) is 15.9. The Morgan fingerprint density at radius 2 is 2.30 bits per heavy atom. The minimum absolute atomic E-state index is 0.0902. The predicted octanol–water partition coefficient (Wildman–Crippen LogP) is 2.17. The summed E-state index contributed by atoms with van der Waals surface area (Å²) in [5.74, 6) is 1.40. The van der Waals surface area contributed by atoms with Crippen molar-refractivity contribution in [3.8, 4) is 11.5 Å². The van der Waals surface area contributed by atoms with Crippen molar-refractivity contribution >= 4 is 5.97 Å². The average Bonchev–Trinajstić information content (AvgIpc) is 2.89. The van der Waals surface area contributed by atoms with Crippen LogP contribution in [0.3, 0.4) is 0 Å². The number of aliphatic hydroxyl groups is 1. The van der Waals surface area contributed by atoms with Gasteiger partial charge >= 0.3 is 5.97 Å². The average molecular weight is 373 g/mol. The maximum absolute atomic E-state index is 11.8. The van der Waals surface area contributed by atoms with Crippen LogP contribution in [0.15, 0.2) is 24.3 Å². The minimum Gasteiger partial charge on any atom is -0.493 e. The van der Waals surface area contributed by atoms with E-state index in [0.717, 1.165) is 31.0 Å². The van der Waals surface area contributed by atoms with Gasteiger partial charge < -0.3 is 19.3 Å². The lowest BCUT2D eigenvalue weighted by molar-refractivity contribution is -0.143. The van der Waals surface area contributed by atoms with Crippen LogP contribution in [0.1, 0.15) is 37.3 Å². The first-order valence-electron chi connectivity index (χ1n) is 9.69. The summed E-state index contributed by atoms with van der Waals surface area (Å²) >= 11 is 0. The predicted molar refractivity (Wildman–Crippen MR) is 100.0 cm³/mol. The maximum Gasteiger partial charge on any atom is 0.307 e. The molecule has 1 aromatic rings. The molecule has 0 aromatic heterocycles. The maximum atomic E-state index is 11.8. The lowest BCUT2D eigenvalue weighted by Crippen LogP contribution is -2.43. The Hall–Kier alpha value is -2.05. The normalized spacial score (nSPS) is 28.7. The molecule has 0 radical (unpaired) electrons. The number of ether oxygens (including phenoxy) is 3. The molecule has 2 aliphatic heterocycles. The van der Waals surface area contributed by atoms with E-state index in [1.54, 1.807) is 7.11 Å². The molecule has 3 aliphatic rings. The number of aliphatic hydroxyl groups excluding tert-OH is 1. The molecule has 1 N–H and O–H groups in total. The molecule has 0 bridgehead atoms. The summed E-state index contributed by atoms with van der Waals surface area (Å²) in [6, 6.07) is 4.06. The second-order valence-corrected chi connectivity index (χ2v) is 7.52. The molecule has 0 saturated carbocycles. The van der Waals surface area contributed by atoms with Crippen molar-refractivity contribution in [3.63, 3.8) is 0 Å². The monoisotopic (exact) mass is 373 g/mol. The van der Waals surface area contributed by atoms with Gasteiger partial charge in [0.2, 0.25) is 0 Å². The number of benzene rings is 1. The van der Waals surface area contributed by atoms with E-state index in [1.165, 1.54) is 11.1 Å². The molecular weight excluding hydrogens is 346 g/mol. The number of nitrogens with zero attached hydrogens (tertiary/aromatic N) is 1. The fourth-order valence-electron chi connectivity index (χ4n) is 4.67. The molecule has 2 heterocycles. The molecule has 0 unspecified atom stereocenters. The van der Waals surface area contributed by atoms with Gasteiger partial charge in [-0.2, -0.15) is 0 Å². The van der Waals surface area contributed by atoms with Gasteiger partial charge in [0.15, 0.2) is 11.5 Å². The molecule has 1 spiro atoms. The zero-order chi connectivity index (χ0) is 19.0. The highest BCUT2D eigenvalue weighted by molar-refractivity contribution is 5.69. The lowest BCUT2D eigenvalue weighted by Gasteiger charge is -2.35. The van der Waals surface area contributed by atoms with E-state index in [1.807, 2.05) is 19.1 Å². The van der Waals surface area contributed by atoms with Crippen LogP contribution in [-0.2, 0) is 21.5 Å². The van der Waals surface area contributed by atoms with Gasteiger partial charge in [0, 0.05) is 25.1 Å². The summed E-state index contributed by atoms with van der Waals surface area (Å²) in [6.07, 6.45) is 5.32. The third-order valence-electron chi connectivity index (χ3n) is 5.97. The number of methoxy groups -OCH3 is 1. The molecule has 1 aromatic carbocycles. The van der Waals surface area contributed by atoms with E-state index >= 15 is 0 Å². The highest BCUT2D eigenvalue weighted by Gasteiger charge is 2.52. The molecule has 4 rings (SSSR count). The second-order valence-electron chi connectivity index (χ2n) is 7.52. The van der Waals surface area contributed by atoms with Gasteiger partial charge in [-0.25, -0.2) is 0 Å². The van der Waals surface area contributed by atoms with Crippen LogP contribution in [0, 0.1) is 0 Å². The lowest BCUT2D eigenvalue weighted by atomic mass is 9.69. The first-order chi connectivity index (χ1) is 13.1.